The van der Waals surface area contributed by atoms with Crippen molar-refractivity contribution in [3.63, 3.8) is 0 Å². The average molecular weight is 258 g/mol. The Kier molecular flexibility index (Phi) is 4.66. The number of hydrogen-bond donors (Lipinski definition) is 1. The van der Waals surface area contributed by atoms with E-state index < -0.39 is 5.60 Å². The van der Waals surface area contributed by atoms with Crippen molar-refractivity contribution in [2.24, 2.45) is 0 Å². The molecule has 19 heavy (non-hydrogen) atoms. The van der Waals surface area contributed by atoms with Crippen molar-refractivity contribution in [1.82, 2.24) is 0 Å². The van der Waals surface area contributed by atoms with Crippen LogP contribution in [0.4, 0.5) is 0 Å². The first-order chi connectivity index (χ1) is 9.29. The number of rotatable bonds is 6. The van der Waals surface area contributed by atoms with Gasteiger partial charge in [0.1, 0.15) is 5.60 Å². The van der Waals surface area contributed by atoms with Crippen LogP contribution in [0.15, 0.2) is 48.6 Å². The molecule has 1 atom stereocenters. The van der Waals surface area contributed by atoms with Crippen molar-refractivity contribution in [1.29, 1.82) is 0 Å². The molecule has 1 aromatic rings. The maximum absolute atomic E-state index is 11.4. The number of allylic oxidation sites excluding steroid dienone is 2. The Morgan fingerprint density at radius 2 is 2.11 bits per heavy atom. The van der Waals surface area contributed by atoms with E-state index >= 15 is 0 Å². The molecule has 3 nitrogen and oxygen atoms in total. The van der Waals surface area contributed by atoms with Gasteiger partial charge in [-0.1, -0.05) is 42.5 Å². The maximum Gasteiger partial charge on any atom is 0.156 e. The molecule has 0 amide bonds. The van der Waals surface area contributed by atoms with Crippen LogP contribution >= 0.6 is 0 Å². The average Bonchev–Trinajstić information content (AvgIpc) is 2.49. The largest absolute Gasteiger partial charge is 0.396 e. The summed E-state index contributed by atoms with van der Waals surface area (Å²) in [5.74, 6) is 0. The lowest BCUT2D eigenvalue weighted by molar-refractivity contribution is -0.125. The molecule has 0 spiro atoms. The first-order valence-electron chi connectivity index (χ1n) is 6.45. The standard InChI is InChI=1S/C16H18O3/c17-10-5-11-19-16(13-18)9-4-8-15(12-16)14-6-2-1-3-7-14/h1-4,6-9,13,17H,5,10-12H2. The summed E-state index contributed by atoms with van der Waals surface area (Å²) < 4.78 is 5.66. The molecular weight excluding hydrogens is 240 g/mol. The molecule has 0 aliphatic heterocycles. The van der Waals surface area contributed by atoms with E-state index in [9.17, 15) is 4.79 Å². The van der Waals surface area contributed by atoms with E-state index in [1.54, 1.807) is 6.08 Å². The van der Waals surface area contributed by atoms with Gasteiger partial charge in [0, 0.05) is 13.0 Å². The fourth-order valence-corrected chi connectivity index (χ4v) is 2.13. The molecule has 0 radical (unpaired) electrons. The summed E-state index contributed by atoms with van der Waals surface area (Å²) in [6.45, 7) is 0.446. The normalized spacial score (nSPS) is 22.1. The molecule has 1 aliphatic rings. The van der Waals surface area contributed by atoms with Gasteiger partial charge in [-0.15, -0.1) is 0 Å². The van der Waals surface area contributed by atoms with Gasteiger partial charge in [0.05, 0.1) is 6.61 Å². The molecule has 1 aliphatic carbocycles. The summed E-state index contributed by atoms with van der Waals surface area (Å²) in [6.07, 6.45) is 7.56. The lowest BCUT2D eigenvalue weighted by Crippen LogP contribution is -2.34. The van der Waals surface area contributed by atoms with E-state index in [4.69, 9.17) is 9.84 Å². The highest BCUT2D eigenvalue weighted by atomic mass is 16.5. The maximum atomic E-state index is 11.4. The number of benzene rings is 1. The number of hydrogen-bond acceptors (Lipinski definition) is 3. The van der Waals surface area contributed by atoms with Gasteiger partial charge in [-0.25, -0.2) is 0 Å². The highest BCUT2D eigenvalue weighted by Gasteiger charge is 2.30. The topological polar surface area (TPSA) is 46.5 Å². The van der Waals surface area contributed by atoms with Gasteiger partial charge < -0.3 is 9.84 Å². The molecule has 0 saturated heterocycles. The predicted molar refractivity (Wildman–Crippen MR) is 74.6 cm³/mol. The SMILES string of the molecule is O=CC1(OCCCO)C=CC=C(c2ccccc2)C1. The van der Waals surface area contributed by atoms with Gasteiger partial charge in [0.2, 0.25) is 0 Å². The number of carbonyl (C=O) groups is 1. The molecule has 3 heteroatoms. The fraction of sp³-hybridized carbons (Fsp3) is 0.312. The van der Waals surface area contributed by atoms with Gasteiger partial charge in [-0.2, -0.15) is 0 Å². The van der Waals surface area contributed by atoms with Crippen LogP contribution in [0, 0.1) is 0 Å². The summed E-state index contributed by atoms with van der Waals surface area (Å²) in [7, 11) is 0. The third kappa shape index (κ3) is 3.40. The zero-order valence-corrected chi connectivity index (χ0v) is 10.8. The minimum Gasteiger partial charge on any atom is -0.396 e. The Morgan fingerprint density at radius 1 is 1.32 bits per heavy atom. The van der Waals surface area contributed by atoms with Crippen LogP contribution in [0.1, 0.15) is 18.4 Å². The summed E-state index contributed by atoms with van der Waals surface area (Å²) in [5.41, 5.74) is 1.29. The summed E-state index contributed by atoms with van der Waals surface area (Å²) in [5, 5.41) is 8.78. The minimum absolute atomic E-state index is 0.0695. The quantitative estimate of drug-likeness (QED) is 0.629. The van der Waals surface area contributed by atoms with Gasteiger partial charge >= 0.3 is 0 Å². The number of aliphatic hydroxyl groups is 1. The highest BCUT2D eigenvalue weighted by Crippen LogP contribution is 2.31. The van der Waals surface area contributed by atoms with Crippen molar-refractivity contribution < 1.29 is 14.6 Å². The molecule has 100 valence electrons. The van der Waals surface area contributed by atoms with E-state index in [1.807, 2.05) is 42.5 Å². The highest BCUT2D eigenvalue weighted by molar-refractivity contribution is 5.78. The van der Waals surface area contributed by atoms with Crippen molar-refractivity contribution >= 4 is 11.9 Å². The van der Waals surface area contributed by atoms with Crippen molar-refractivity contribution in [3.8, 4) is 0 Å². The third-order valence-electron chi connectivity index (χ3n) is 3.16. The van der Waals surface area contributed by atoms with Crippen LogP contribution in [0.25, 0.3) is 5.57 Å². The molecule has 1 unspecified atom stereocenters. The molecule has 0 bridgehead atoms. The van der Waals surface area contributed by atoms with Crippen molar-refractivity contribution in [3.05, 3.63) is 54.1 Å². The Morgan fingerprint density at radius 3 is 2.79 bits per heavy atom. The molecule has 1 aromatic carbocycles. The number of aldehydes is 1. The second-order valence-electron chi connectivity index (χ2n) is 4.59. The smallest absolute Gasteiger partial charge is 0.156 e. The number of carbonyl (C=O) groups excluding carboxylic acids is 1. The van der Waals surface area contributed by atoms with Gasteiger partial charge in [-0.05, 0) is 23.6 Å². The Balaban J connectivity index is 2.12. The van der Waals surface area contributed by atoms with E-state index in [1.165, 1.54) is 0 Å². The van der Waals surface area contributed by atoms with Gasteiger partial charge in [-0.3, -0.25) is 4.79 Å². The van der Waals surface area contributed by atoms with E-state index in [-0.39, 0.29) is 6.61 Å². The zero-order valence-electron chi connectivity index (χ0n) is 10.8. The van der Waals surface area contributed by atoms with Crippen LogP contribution in [0.2, 0.25) is 0 Å². The Labute approximate surface area is 113 Å². The lowest BCUT2D eigenvalue weighted by Gasteiger charge is -2.28. The van der Waals surface area contributed by atoms with Crippen LogP contribution in [-0.2, 0) is 9.53 Å². The monoisotopic (exact) mass is 258 g/mol. The van der Waals surface area contributed by atoms with Crippen LogP contribution in [0.5, 0.6) is 0 Å². The number of aliphatic hydroxyl groups excluding tert-OH is 1. The third-order valence-corrected chi connectivity index (χ3v) is 3.16. The second-order valence-corrected chi connectivity index (χ2v) is 4.59. The van der Waals surface area contributed by atoms with E-state index in [2.05, 4.69) is 0 Å². The fourth-order valence-electron chi connectivity index (χ4n) is 2.13. The second kappa shape index (κ2) is 6.45. The number of ether oxygens (including phenoxy) is 1. The molecule has 1 N–H and O–H groups in total. The Bertz CT molecular complexity index is 476. The lowest BCUT2D eigenvalue weighted by atomic mass is 9.87. The molecular formula is C16H18O3. The first kappa shape index (κ1) is 13.7. The van der Waals surface area contributed by atoms with Gasteiger partial charge in [0.25, 0.3) is 0 Å². The van der Waals surface area contributed by atoms with Gasteiger partial charge in [0.15, 0.2) is 6.29 Å². The van der Waals surface area contributed by atoms with Crippen LogP contribution < -0.4 is 0 Å². The first-order valence-corrected chi connectivity index (χ1v) is 6.45. The van der Waals surface area contributed by atoms with E-state index in [0.29, 0.717) is 19.4 Å². The zero-order chi connectivity index (χ0) is 13.6. The molecule has 0 fully saturated rings. The predicted octanol–water partition coefficient (Wildman–Crippen LogP) is 2.37. The summed E-state index contributed by atoms with van der Waals surface area (Å²) >= 11 is 0. The molecule has 2 rings (SSSR count). The summed E-state index contributed by atoms with van der Waals surface area (Å²) in [4.78, 5) is 11.4. The summed E-state index contributed by atoms with van der Waals surface area (Å²) in [6, 6.07) is 9.96. The van der Waals surface area contributed by atoms with E-state index in [0.717, 1.165) is 17.4 Å². The van der Waals surface area contributed by atoms with Crippen molar-refractivity contribution in [2.75, 3.05) is 13.2 Å². The molecule has 0 heterocycles. The van der Waals surface area contributed by atoms with Crippen LogP contribution in [-0.4, -0.2) is 30.2 Å². The minimum atomic E-state index is -0.894. The molecule has 0 saturated carbocycles. The molecule has 0 aromatic heterocycles. The van der Waals surface area contributed by atoms with Crippen molar-refractivity contribution in [2.45, 2.75) is 18.4 Å². The van der Waals surface area contributed by atoms with Crippen LogP contribution in [0.3, 0.4) is 0 Å². The Hall–Kier alpha value is -1.71.